The summed E-state index contributed by atoms with van der Waals surface area (Å²) in [6.45, 7) is 2.14. The van der Waals surface area contributed by atoms with Gasteiger partial charge < -0.3 is 14.7 Å². The molecule has 0 aromatic heterocycles. The molecule has 2 atom stereocenters. The number of hydrogen-bond donors (Lipinski definition) is 1. The molecule has 0 aromatic carbocycles. The van der Waals surface area contributed by atoms with Crippen molar-refractivity contribution in [2.45, 2.75) is 38.2 Å². The Balaban J connectivity index is 1.76. The van der Waals surface area contributed by atoms with Crippen molar-refractivity contribution >= 4 is 11.9 Å². The summed E-state index contributed by atoms with van der Waals surface area (Å²) in [6.07, 6.45) is 3.35. The van der Waals surface area contributed by atoms with Crippen LogP contribution >= 0.6 is 0 Å². The van der Waals surface area contributed by atoms with E-state index in [0.717, 1.165) is 25.8 Å². The zero-order valence-electron chi connectivity index (χ0n) is 9.93. The molecule has 0 aliphatic carbocycles. The first-order valence-electron chi connectivity index (χ1n) is 6.29. The summed E-state index contributed by atoms with van der Waals surface area (Å²) in [5.41, 5.74) is 0. The largest absolute Gasteiger partial charge is 0.481 e. The van der Waals surface area contributed by atoms with Gasteiger partial charge >= 0.3 is 5.97 Å². The number of nitrogens with zero attached hydrogens (tertiary/aromatic N) is 1. The molecule has 0 radical (unpaired) electrons. The van der Waals surface area contributed by atoms with Crippen molar-refractivity contribution in [3.05, 3.63) is 0 Å². The van der Waals surface area contributed by atoms with E-state index in [2.05, 4.69) is 0 Å². The van der Waals surface area contributed by atoms with Crippen molar-refractivity contribution < 1.29 is 19.4 Å². The molecule has 2 rings (SSSR count). The average Bonchev–Trinajstić information content (AvgIpc) is 2.97. The summed E-state index contributed by atoms with van der Waals surface area (Å²) >= 11 is 0. The lowest BCUT2D eigenvalue weighted by atomic mass is 10.0. The Hall–Kier alpha value is -1.10. The third-order valence-corrected chi connectivity index (χ3v) is 3.57. The monoisotopic (exact) mass is 241 g/mol. The van der Waals surface area contributed by atoms with Crippen LogP contribution in [-0.4, -0.2) is 47.7 Å². The molecule has 96 valence electrons. The third kappa shape index (κ3) is 3.19. The summed E-state index contributed by atoms with van der Waals surface area (Å²) in [5, 5.41) is 8.62. The lowest BCUT2D eigenvalue weighted by Crippen LogP contribution is -2.37. The summed E-state index contributed by atoms with van der Waals surface area (Å²) in [6, 6.07) is 0. The molecule has 0 spiro atoms. The van der Waals surface area contributed by atoms with E-state index < -0.39 is 5.97 Å². The molecule has 0 aromatic rings. The van der Waals surface area contributed by atoms with Gasteiger partial charge in [-0.1, -0.05) is 0 Å². The van der Waals surface area contributed by atoms with Gasteiger partial charge in [0.1, 0.15) is 6.10 Å². The van der Waals surface area contributed by atoms with Gasteiger partial charge in [-0.2, -0.15) is 0 Å². The fourth-order valence-corrected chi connectivity index (χ4v) is 2.57. The van der Waals surface area contributed by atoms with Crippen LogP contribution in [0.4, 0.5) is 0 Å². The molecule has 0 saturated carbocycles. The van der Waals surface area contributed by atoms with Crippen LogP contribution in [0.1, 0.15) is 32.1 Å². The van der Waals surface area contributed by atoms with E-state index in [9.17, 15) is 9.59 Å². The highest BCUT2D eigenvalue weighted by Gasteiger charge is 2.32. The van der Waals surface area contributed by atoms with Crippen LogP contribution in [0.2, 0.25) is 0 Å². The van der Waals surface area contributed by atoms with Crippen LogP contribution in [-0.2, 0) is 14.3 Å². The van der Waals surface area contributed by atoms with E-state index in [1.165, 1.54) is 0 Å². The molecule has 2 fully saturated rings. The molecule has 2 aliphatic rings. The number of amides is 1. The predicted molar refractivity (Wildman–Crippen MR) is 60.5 cm³/mol. The normalized spacial score (nSPS) is 28.6. The zero-order valence-corrected chi connectivity index (χ0v) is 9.93. The molecule has 1 unspecified atom stereocenters. The van der Waals surface area contributed by atoms with Gasteiger partial charge in [0.05, 0.1) is 0 Å². The molecular weight excluding hydrogens is 222 g/mol. The van der Waals surface area contributed by atoms with Crippen molar-refractivity contribution in [3.63, 3.8) is 0 Å². The zero-order chi connectivity index (χ0) is 12.3. The summed E-state index contributed by atoms with van der Waals surface area (Å²) < 4.78 is 5.38. The molecule has 2 heterocycles. The minimum atomic E-state index is -0.756. The molecule has 2 saturated heterocycles. The first kappa shape index (κ1) is 12.4. The highest BCUT2D eigenvalue weighted by molar-refractivity contribution is 5.81. The number of ether oxygens (including phenoxy) is 1. The summed E-state index contributed by atoms with van der Waals surface area (Å²) in [5.74, 6) is -0.314. The maximum absolute atomic E-state index is 12.0. The molecule has 2 aliphatic heterocycles. The second kappa shape index (κ2) is 5.49. The second-order valence-electron chi connectivity index (χ2n) is 4.87. The van der Waals surface area contributed by atoms with Crippen LogP contribution in [0.25, 0.3) is 0 Å². The van der Waals surface area contributed by atoms with Gasteiger partial charge in [-0.05, 0) is 31.6 Å². The van der Waals surface area contributed by atoms with Crippen molar-refractivity contribution in [2.75, 3.05) is 19.7 Å². The number of carbonyl (C=O) groups is 2. The number of likely N-dealkylation sites (tertiary alicyclic amines) is 1. The molecule has 5 nitrogen and oxygen atoms in total. The van der Waals surface area contributed by atoms with Crippen molar-refractivity contribution in [2.24, 2.45) is 5.92 Å². The van der Waals surface area contributed by atoms with E-state index in [4.69, 9.17) is 9.84 Å². The van der Waals surface area contributed by atoms with Crippen LogP contribution < -0.4 is 0 Å². The fraction of sp³-hybridized carbons (Fsp3) is 0.833. The maximum atomic E-state index is 12.0. The van der Waals surface area contributed by atoms with Gasteiger partial charge in [-0.15, -0.1) is 0 Å². The van der Waals surface area contributed by atoms with Crippen molar-refractivity contribution in [1.82, 2.24) is 4.90 Å². The smallest absolute Gasteiger partial charge is 0.303 e. The minimum absolute atomic E-state index is 0.0975. The second-order valence-corrected chi connectivity index (χ2v) is 4.87. The lowest BCUT2D eigenvalue weighted by Gasteiger charge is -2.20. The number of carboxylic acids is 1. The fourth-order valence-electron chi connectivity index (χ4n) is 2.57. The minimum Gasteiger partial charge on any atom is -0.481 e. The van der Waals surface area contributed by atoms with Gasteiger partial charge in [-0.25, -0.2) is 0 Å². The molecule has 5 heteroatoms. The first-order chi connectivity index (χ1) is 8.16. The molecule has 1 amide bonds. The maximum Gasteiger partial charge on any atom is 0.303 e. The van der Waals surface area contributed by atoms with Crippen molar-refractivity contribution in [1.29, 1.82) is 0 Å². The Labute approximate surface area is 101 Å². The summed E-state index contributed by atoms with van der Waals surface area (Å²) in [4.78, 5) is 24.3. The molecule has 0 bridgehead atoms. The van der Waals surface area contributed by atoms with E-state index >= 15 is 0 Å². The number of rotatable bonds is 4. The van der Waals surface area contributed by atoms with Gasteiger partial charge in [0.2, 0.25) is 0 Å². The predicted octanol–water partition coefficient (Wildman–Crippen LogP) is 0.879. The van der Waals surface area contributed by atoms with Gasteiger partial charge in [0.25, 0.3) is 5.91 Å². The van der Waals surface area contributed by atoms with Crippen molar-refractivity contribution in [3.8, 4) is 0 Å². The molecule has 17 heavy (non-hydrogen) atoms. The average molecular weight is 241 g/mol. The molecular formula is C12H19NO4. The van der Waals surface area contributed by atoms with Crippen LogP contribution in [0, 0.1) is 5.92 Å². The topological polar surface area (TPSA) is 66.8 Å². The summed E-state index contributed by atoms with van der Waals surface area (Å²) in [7, 11) is 0. The van der Waals surface area contributed by atoms with Crippen LogP contribution in [0.15, 0.2) is 0 Å². The Kier molecular flexibility index (Phi) is 3.99. The molecule has 1 N–H and O–H groups in total. The Morgan fingerprint density at radius 3 is 2.82 bits per heavy atom. The number of hydrogen-bond acceptors (Lipinski definition) is 3. The lowest BCUT2D eigenvalue weighted by molar-refractivity contribution is -0.139. The standard InChI is InChI=1S/C12H19NO4/c14-11(15)4-3-9-5-6-13(8-9)12(16)10-2-1-7-17-10/h9-10H,1-8H2,(H,14,15)/t9?,10-/m0/s1. The number of aliphatic carboxylic acids is 1. The SMILES string of the molecule is O=C(O)CCC1CCN(C(=O)[C@@H]2CCCO2)C1. The van der Waals surface area contributed by atoms with E-state index in [0.29, 0.717) is 25.5 Å². The van der Waals surface area contributed by atoms with Gasteiger partial charge in [0.15, 0.2) is 0 Å². The quantitative estimate of drug-likeness (QED) is 0.793. The van der Waals surface area contributed by atoms with Gasteiger partial charge in [0, 0.05) is 26.1 Å². The van der Waals surface area contributed by atoms with Gasteiger partial charge in [-0.3, -0.25) is 9.59 Å². The third-order valence-electron chi connectivity index (χ3n) is 3.57. The first-order valence-corrected chi connectivity index (χ1v) is 6.29. The Morgan fingerprint density at radius 2 is 2.18 bits per heavy atom. The highest BCUT2D eigenvalue weighted by Crippen LogP contribution is 2.24. The van der Waals surface area contributed by atoms with E-state index in [1.54, 1.807) is 0 Å². The van der Waals surface area contributed by atoms with E-state index in [-0.39, 0.29) is 18.4 Å². The number of carbonyl (C=O) groups excluding carboxylic acids is 1. The van der Waals surface area contributed by atoms with Crippen LogP contribution in [0.3, 0.4) is 0 Å². The Bertz CT molecular complexity index is 299. The van der Waals surface area contributed by atoms with E-state index in [1.807, 2.05) is 4.90 Å². The highest BCUT2D eigenvalue weighted by atomic mass is 16.5. The Morgan fingerprint density at radius 1 is 1.35 bits per heavy atom. The number of carboxylic acid groups (broad SMARTS) is 1. The van der Waals surface area contributed by atoms with Crippen LogP contribution in [0.5, 0.6) is 0 Å².